The van der Waals surface area contributed by atoms with Crippen LogP contribution in [0.5, 0.6) is 0 Å². The maximum Gasteiger partial charge on any atom is 0.330 e. The molecule has 88 valence electrons. The summed E-state index contributed by atoms with van der Waals surface area (Å²) < 4.78 is 5.55. The third-order valence-corrected chi connectivity index (χ3v) is 4.46. The van der Waals surface area contributed by atoms with Crippen molar-refractivity contribution >= 4 is 5.97 Å². The highest BCUT2D eigenvalue weighted by molar-refractivity contribution is 5.81. The lowest BCUT2D eigenvalue weighted by Crippen LogP contribution is -2.60. The molecule has 2 atom stereocenters. The number of carbonyl (C=O) groups is 1. The average Bonchev–Trinajstić information content (AvgIpc) is 2.12. The van der Waals surface area contributed by atoms with Gasteiger partial charge in [0.05, 0.1) is 5.60 Å². The van der Waals surface area contributed by atoms with E-state index in [0.717, 1.165) is 25.7 Å². The highest BCUT2D eigenvalue weighted by Crippen LogP contribution is 2.58. The van der Waals surface area contributed by atoms with Gasteiger partial charge in [-0.25, -0.2) is 4.79 Å². The summed E-state index contributed by atoms with van der Waals surface area (Å²) >= 11 is 0. The molecule has 3 nitrogen and oxygen atoms in total. The zero-order chi connectivity index (χ0) is 11.4. The van der Waals surface area contributed by atoms with Crippen molar-refractivity contribution in [3.05, 3.63) is 12.7 Å². The molecule has 1 N–H and O–H groups in total. The summed E-state index contributed by atoms with van der Waals surface area (Å²) in [6.07, 6.45) is 6.73. The van der Waals surface area contributed by atoms with E-state index in [1.54, 1.807) is 0 Å². The van der Waals surface area contributed by atoms with E-state index < -0.39 is 5.60 Å². The first-order valence-corrected chi connectivity index (χ1v) is 6.10. The molecule has 0 aliphatic heterocycles. The number of carbonyl (C=O) groups excluding carboxylic acids is 1. The first-order valence-electron chi connectivity index (χ1n) is 6.10. The Hall–Kier alpha value is -0.830. The minimum Gasteiger partial charge on any atom is -0.456 e. The van der Waals surface area contributed by atoms with Crippen LogP contribution in [0.2, 0.25) is 0 Å². The first-order chi connectivity index (χ1) is 7.53. The van der Waals surface area contributed by atoms with Gasteiger partial charge in [0.2, 0.25) is 0 Å². The first kappa shape index (κ1) is 10.3. The van der Waals surface area contributed by atoms with E-state index in [4.69, 9.17) is 4.74 Å². The van der Waals surface area contributed by atoms with Crippen LogP contribution in [0.25, 0.3) is 0 Å². The molecular formula is C13H18O3. The largest absolute Gasteiger partial charge is 0.456 e. The second-order valence-corrected chi connectivity index (χ2v) is 5.99. The highest BCUT2D eigenvalue weighted by atomic mass is 16.6. The third kappa shape index (κ3) is 1.49. The zero-order valence-corrected chi connectivity index (χ0v) is 9.45. The van der Waals surface area contributed by atoms with Gasteiger partial charge in [-0.1, -0.05) is 6.58 Å². The lowest BCUT2D eigenvalue weighted by Gasteiger charge is -2.59. The number of hydrogen-bond donors (Lipinski definition) is 1. The maximum absolute atomic E-state index is 11.4. The van der Waals surface area contributed by atoms with E-state index >= 15 is 0 Å². The summed E-state index contributed by atoms with van der Waals surface area (Å²) in [6, 6.07) is 0. The van der Waals surface area contributed by atoms with E-state index in [2.05, 4.69) is 6.58 Å². The van der Waals surface area contributed by atoms with Crippen LogP contribution < -0.4 is 0 Å². The molecule has 0 radical (unpaired) electrons. The van der Waals surface area contributed by atoms with E-state index in [0.29, 0.717) is 18.3 Å². The van der Waals surface area contributed by atoms with Crippen molar-refractivity contribution in [3.63, 3.8) is 0 Å². The van der Waals surface area contributed by atoms with Gasteiger partial charge in [-0.15, -0.1) is 0 Å². The number of rotatable bonds is 2. The van der Waals surface area contributed by atoms with Crippen molar-refractivity contribution in [1.82, 2.24) is 0 Å². The summed E-state index contributed by atoms with van der Waals surface area (Å²) in [5.41, 5.74) is -0.949. The van der Waals surface area contributed by atoms with Crippen molar-refractivity contribution in [2.45, 2.75) is 49.7 Å². The van der Waals surface area contributed by atoms with Gasteiger partial charge in [-0.3, -0.25) is 0 Å². The summed E-state index contributed by atoms with van der Waals surface area (Å²) in [5, 5.41) is 10.4. The Morgan fingerprint density at radius 1 is 1.31 bits per heavy atom. The molecular weight excluding hydrogens is 204 g/mol. The average molecular weight is 222 g/mol. The molecule has 3 heteroatoms. The number of hydrogen-bond acceptors (Lipinski definition) is 3. The fourth-order valence-electron chi connectivity index (χ4n) is 4.51. The second kappa shape index (κ2) is 3.10. The summed E-state index contributed by atoms with van der Waals surface area (Å²) in [4.78, 5) is 11.4. The van der Waals surface area contributed by atoms with Crippen LogP contribution in [0.3, 0.4) is 0 Å². The van der Waals surface area contributed by atoms with Gasteiger partial charge in [0, 0.05) is 12.5 Å². The van der Waals surface area contributed by atoms with Crippen LogP contribution in [0, 0.1) is 11.8 Å². The lowest BCUT2D eigenvalue weighted by atomic mass is 9.52. The molecule has 0 saturated heterocycles. The molecule has 4 rings (SSSR count). The number of esters is 1. The monoisotopic (exact) mass is 222 g/mol. The van der Waals surface area contributed by atoms with Crippen molar-refractivity contribution in [3.8, 4) is 0 Å². The second-order valence-electron chi connectivity index (χ2n) is 5.99. The Balaban J connectivity index is 1.86. The Morgan fingerprint density at radius 2 is 1.94 bits per heavy atom. The predicted molar refractivity (Wildman–Crippen MR) is 58.7 cm³/mol. The van der Waals surface area contributed by atoms with E-state index in [1.165, 1.54) is 12.5 Å². The molecule has 0 amide bonds. The molecule has 4 saturated carbocycles. The van der Waals surface area contributed by atoms with Gasteiger partial charge in [0.1, 0.15) is 5.60 Å². The molecule has 0 aromatic heterocycles. The molecule has 0 unspecified atom stereocenters. The van der Waals surface area contributed by atoms with Gasteiger partial charge >= 0.3 is 5.97 Å². The van der Waals surface area contributed by atoms with Gasteiger partial charge < -0.3 is 9.84 Å². The maximum atomic E-state index is 11.4. The molecule has 0 heterocycles. The molecule has 0 aromatic rings. The van der Waals surface area contributed by atoms with Gasteiger partial charge in [0.25, 0.3) is 0 Å². The van der Waals surface area contributed by atoms with Crippen LogP contribution in [0.1, 0.15) is 38.5 Å². The predicted octanol–water partition coefficient (Wildman–Crippen LogP) is 1.80. The fraction of sp³-hybridized carbons (Fsp3) is 0.769. The number of aliphatic hydroxyl groups is 1. The molecule has 16 heavy (non-hydrogen) atoms. The van der Waals surface area contributed by atoms with Gasteiger partial charge in [-0.2, -0.15) is 0 Å². The highest BCUT2D eigenvalue weighted by Gasteiger charge is 2.58. The Morgan fingerprint density at radius 3 is 2.44 bits per heavy atom. The topological polar surface area (TPSA) is 46.5 Å². The van der Waals surface area contributed by atoms with Crippen molar-refractivity contribution in [2.75, 3.05) is 0 Å². The van der Waals surface area contributed by atoms with E-state index in [9.17, 15) is 9.90 Å². The van der Waals surface area contributed by atoms with Crippen molar-refractivity contribution in [1.29, 1.82) is 0 Å². The van der Waals surface area contributed by atoms with Crippen LogP contribution in [0.15, 0.2) is 12.7 Å². The quantitative estimate of drug-likeness (QED) is 0.572. The molecule has 4 aliphatic rings. The Bertz CT molecular complexity index is 333. The summed E-state index contributed by atoms with van der Waals surface area (Å²) in [5.74, 6) is 0.748. The normalized spacial score (nSPS) is 49.1. The minimum absolute atomic E-state index is 0.342. The van der Waals surface area contributed by atoms with Gasteiger partial charge in [-0.05, 0) is 43.9 Å². The molecule has 4 bridgehead atoms. The fourth-order valence-corrected chi connectivity index (χ4v) is 4.51. The van der Waals surface area contributed by atoms with Crippen LogP contribution in [0.4, 0.5) is 0 Å². The van der Waals surface area contributed by atoms with Crippen molar-refractivity contribution < 1.29 is 14.6 Å². The Kier molecular flexibility index (Phi) is 2.00. The minimum atomic E-state index is -0.564. The molecule has 4 aliphatic carbocycles. The van der Waals surface area contributed by atoms with Crippen LogP contribution in [-0.2, 0) is 9.53 Å². The molecule has 0 spiro atoms. The van der Waals surface area contributed by atoms with E-state index in [-0.39, 0.29) is 11.6 Å². The van der Waals surface area contributed by atoms with Crippen molar-refractivity contribution in [2.24, 2.45) is 11.8 Å². The van der Waals surface area contributed by atoms with E-state index in [1.807, 2.05) is 0 Å². The standard InChI is InChI=1S/C13H18O3/c1-2-11(14)16-13-6-9-3-10(7-13)5-12(15,4-9)8-13/h2,9-10,15H,1,3-8H2/t9-,10-,12?,13?/m0/s1. The summed E-state index contributed by atoms with van der Waals surface area (Å²) in [7, 11) is 0. The Labute approximate surface area is 95.5 Å². The SMILES string of the molecule is C=CC(=O)OC12C[C@H]3C[C@@H](CC(O)(C3)C1)C2. The molecule has 0 aromatic carbocycles. The molecule has 4 fully saturated rings. The third-order valence-electron chi connectivity index (χ3n) is 4.46. The summed E-state index contributed by atoms with van der Waals surface area (Å²) in [6.45, 7) is 3.44. The zero-order valence-electron chi connectivity index (χ0n) is 9.45. The van der Waals surface area contributed by atoms with Crippen LogP contribution in [-0.4, -0.2) is 22.3 Å². The van der Waals surface area contributed by atoms with Gasteiger partial charge in [0.15, 0.2) is 0 Å². The lowest BCUT2D eigenvalue weighted by molar-refractivity contribution is -0.216. The number of ether oxygens (including phenoxy) is 1. The van der Waals surface area contributed by atoms with Crippen LogP contribution >= 0.6 is 0 Å². The smallest absolute Gasteiger partial charge is 0.330 e.